The fourth-order valence-electron chi connectivity index (χ4n) is 5.50. The third-order valence-corrected chi connectivity index (χ3v) is 9.32. The van der Waals surface area contributed by atoms with Crippen molar-refractivity contribution in [2.75, 3.05) is 13.1 Å². The summed E-state index contributed by atoms with van der Waals surface area (Å²) >= 11 is 0. The van der Waals surface area contributed by atoms with Crippen LogP contribution in [0.1, 0.15) is 37.3 Å². The molecule has 2 aliphatic heterocycles. The quantitative estimate of drug-likeness (QED) is 0.265. The highest BCUT2D eigenvalue weighted by Gasteiger charge is 2.60. The molecule has 1 saturated heterocycles. The van der Waals surface area contributed by atoms with Crippen molar-refractivity contribution in [3.63, 3.8) is 0 Å². The van der Waals surface area contributed by atoms with Gasteiger partial charge in [-0.25, -0.2) is 13.2 Å². The van der Waals surface area contributed by atoms with E-state index in [2.05, 4.69) is 4.74 Å². The SMILES string of the molecule is [2H]C(OC(=O)N1CCC2(CCc3cc(-c4ccc(CS(=O)(=O)Cc5ccccc5)cc4)ccc3O2)CC1)(C(F)(F)F)C(F)(F)F. The van der Waals surface area contributed by atoms with Crippen LogP contribution in [0, 0.1) is 0 Å². The summed E-state index contributed by atoms with van der Waals surface area (Å²) in [5, 5.41) is 0. The molecule has 236 valence electrons. The first-order valence-corrected chi connectivity index (χ1v) is 15.6. The van der Waals surface area contributed by atoms with E-state index < -0.39 is 40.0 Å². The normalized spacial score (nSPS) is 17.4. The van der Waals surface area contributed by atoms with Crippen LogP contribution in [0.15, 0.2) is 72.8 Å². The molecular weight excluding hydrogens is 612 g/mol. The highest BCUT2D eigenvalue weighted by molar-refractivity contribution is 7.89. The Morgan fingerprint density at radius 2 is 1.43 bits per heavy atom. The van der Waals surface area contributed by atoms with Gasteiger partial charge < -0.3 is 14.4 Å². The number of hydrogen-bond acceptors (Lipinski definition) is 5. The largest absolute Gasteiger partial charge is 0.487 e. The summed E-state index contributed by atoms with van der Waals surface area (Å²) in [5.41, 5.74) is 3.30. The van der Waals surface area contributed by atoms with Crippen LogP contribution < -0.4 is 4.74 Å². The molecule has 6 nitrogen and oxygen atoms in total. The third kappa shape index (κ3) is 7.48. The topological polar surface area (TPSA) is 72.9 Å². The molecule has 0 unspecified atom stereocenters. The number of nitrogens with zero attached hydrogens (tertiary/aromatic N) is 1. The lowest BCUT2D eigenvalue weighted by Crippen LogP contribution is -2.53. The maximum atomic E-state index is 13.0. The number of halogens is 6. The average molecular weight is 643 g/mol. The second-order valence-electron chi connectivity index (χ2n) is 11.0. The number of ether oxygens (including phenoxy) is 2. The standard InChI is InChI=1S/C31H29F6NO5S/c32-30(33,34)27(31(35,36)37)42-28(39)38-16-14-29(15-17-38)13-12-25-18-24(10-11-26(25)43-29)23-8-6-22(7-9-23)20-44(40,41)19-21-4-2-1-3-5-21/h1-11,18,27H,12-17,19-20H2/i27D. The lowest BCUT2D eigenvalue weighted by molar-refractivity contribution is -0.308. The number of fused-ring (bicyclic) bond motifs is 1. The molecule has 0 saturated carbocycles. The van der Waals surface area contributed by atoms with E-state index in [1.165, 1.54) is 0 Å². The molecular formula is C31H29F6NO5S. The second-order valence-corrected chi connectivity index (χ2v) is 13.1. The Labute approximate surface area is 251 Å². The monoisotopic (exact) mass is 642 g/mol. The van der Waals surface area contributed by atoms with Crippen LogP contribution in [0.2, 0.25) is 0 Å². The van der Waals surface area contributed by atoms with Gasteiger partial charge in [-0.15, -0.1) is 0 Å². The van der Waals surface area contributed by atoms with Crippen LogP contribution in [-0.4, -0.2) is 56.5 Å². The van der Waals surface area contributed by atoms with Crippen molar-refractivity contribution < 1.29 is 50.4 Å². The Balaban J connectivity index is 1.19. The van der Waals surface area contributed by atoms with Gasteiger partial charge >= 0.3 is 18.4 Å². The fraction of sp³-hybridized carbons (Fsp3) is 0.387. The van der Waals surface area contributed by atoms with Gasteiger partial charge in [0.05, 0.1) is 12.9 Å². The Morgan fingerprint density at radius 3 is 2.02 bits per heavy atom. The fourth-order valence-corrected chi connectivity index (χ4v) is 7.01. The predicted molar refractivity (Wildman–Crippen MR) is 150 cm³/mol. The van der Waals surface area contributed by atoms with Crippen LogP contribution in [0.5, 0.6) is 5.75 Å². The van der Waals surface area contributed by atoms with E-state index in [1.54, 1.807) is 42.5 Å². The summed E-state index contributed by atoms with van der Waals surface area (Å²) in [6.07, 6.45) is -18.2. The van der Waals surface area contributed by atoms with Crippen molar-refractivity contribution in [2.45, 2.75) is 61.2 Å². The predicted octanol–water partition coefficient (Wildman–Crippen LogP) is 7.26. The minimum absolute atomic E-state index is 0.0496. The van der Waals surface area contributed by atoms with Crippen LogP contribution in [0.4, 0.5) is 31.1 Å². The van der Waals surface area contributed by atoms with Gasteiger partial charge in [-0.2, -0.15) is 26.3 Å². The van der Waals surface area contributed by atoms with Gasteiger partial charge in [0.15, 0.2) is 9.84 Å². The average Bonchev–Trinajstić information content (AvgIpc) is 2.96. The van der Waals surface area contributed by atoms with Gasteiger partial charge in [-0.3, -0.25) is 0 Å². The third-order valence-electron chi connectivity index (χ3n) is 7.78. The van der Waals surface area contributed by atoms with Gasteiger partial charge in [-0.05, 0) is 52.8 Å². The maximum absolute atomic E-state index is 13.0. The van der Waals surface area contributed by atoms with Gasteiger partial charge in [0.25, 0.3) is 6.08 Å². The van der Waals surface area contributed by atoms with E-state index in [4.69, 9.17) is 6.11 Å². The number of carbonyl (C=O) groups excluding carboxylic acids is 1. The smallest absolute Gasteiger partial charge is 0.434 e. The lowest BCUT2D eigenvalue weighted by Gasteiger charge is -2.44. The molecule has 13 heteroatoms. The lowest BCUT2D eigenvalue weighted by atomic mass is 9.82. The van der Waals surface area contributed by atoms with Gasteiger partial charge in [-0.1, -0.05) is 60.7 Å². The molecule has 5 rings (SSSR count). The van der Waals surface area contributed by atoms with Gasteiger partial charge in [0.2, 0.25) is 0 Å². The zero-order valence-corrected chi connectivity index (χ0v) is 24.1. The molecule has 0 aromatic heterocycles. The zero-order valence-electron chi connectivity index (χ0n) is 24.2. The first-order chi connectivity index (χ1) is 21.0. The van der Waals surface area contributed by atoms with Crippen LogP contribution in [0.25, 0.3) is 11.1 Å². The molecule has 1 amide bonds. The number of carbonyl (C=O) groups is 1. The highest BCUT2D eigenvalue weighted by Crippen LogP contribution is 2.42. The molecule has 3 aromatic rings. The Hall–Kier alpha value is -3.74. The summed E-state index contributed by atoms with van der Waals surface area (Å²) < 4.78 is 120. The summed E-state index contributed by atoms with van der Waals surface area (Å²) in [6.45, 7) is -0.406. The number of alkyl halides is 6. The van der Waals surface area contributed by atoms with Crippen LogP contribution in [0.3, 0.4) is 0 Å². The molecule has 1 spiro atoms. The number of hydrogen-bond donors (Lipinski definition) is 0. The summed E-state index contributed by atoms with van der Waals surface area (Å²) in [4.78, 5) is 13.0. The number of aryl methyl sites for hydroxylation is 1. The first-order valence-electron chi connectivity index (χ1n) is 14.3. The molecule has 0 aliphatic carbocycles. The Kier molecular flexibility index (Phi) is 8.25. The van der Waals surface area contributed by atoms with E-state index in [9.17, 15) is 39.6 Å². The summed E-state index contributed by atoms with van der Waals surface area (Å²) in [7, 11) is -3.36. The van der Waals surface area contributed by atoms with Crippen molar-refractivity contribution in [2.24, 2.45) is 0 Å². The summed E-state index contributed by atoms with van der Waals surface area (Å²) in [6, 6.07) is 21.8. The van der Waals surface area contributed by atoms with E-state index in [0.717, 1.165) is 27.2 Å². The van der Waals surface area contributed by atoms with Crippen molar-refractivity contribution in [3.8, 4) is 16.9 Å². The molecule has 1 fully saturated rings. The van der Waals surface area contributed by atoms with Crippen molar-refractivity contribution in [3.05, 3.63) is 89.5 Å². The van der Waals surface area contributed by atoms with E-state index in [1.807, 2.05) is 30.3 Å². The van der Waals surface area contributed by atoms with E-state index in [0.29, 0.717) is 24.2 Å². The molecule has 0 N–H and O–H groups in total. The number of piperidine rings is 1. The minimum Gasteiger partial charge on any atom is -0.487 e. The Bertz CT molecular complexity index is 1620. The molecule has 2 aliphatic rings. The molecule has 0 bridgehead atoms. The number of sulfone groups is 1. The second kappa shape index (κ2) is 12.0. The highest BCUT2D eigenvalue weighted by atomic mass is 32.2. The van der Waals surface area contributed by atoms with Crippen molar-refractivity contribution in [1.29, 1.82) is 0 Å². The Morgan fingerprint density at radius 1 is 0.864 bits per heavy atom. The molecule has 3 aromatic carbocycles. The van der Waals surface area contributed by atoms with Gasteiger partial charge in [0.1, 0.15) is 11.4 Å². The maximum Gasteiger partial charge on any atom is 0.434 e. The summed E-state index contributed by atoms with van der Waals surface area (Å²) in [5.74, 6) is 0.446. The van der Waals surface area contributed by atoms with Crippen molar-refractivity contribution in [1.82, 2.24) is 4.90 Å². The van der Waals surface area contributed by atoms with Crippen LogP contribution in [-0.2, 0) is 32.5 Å². The zero-order chi connectivity index (χ0) is 32.7. The number of rotatable bonds is 6. The molecule has 0 atom stereocenters. The molecule has 0 radical (unpaired) electrons. The minimum atomic E-state index is -6.17. The molecule has 44 heavy (non-hydrogen) atoms. The first kappa shape index (κ1) is 30.3. The molecule has 2 heterocycles. The van der Waals surface area contributed by atoms with E-state index in [-0.39, 0.29) is 37.4 Å². The van der Waals surface area contributed by atoms with Gasteiger partial charge in [0, 0.05) is 25.9 Å². The van der Waals surface area contributed by atoms with Crippen LogP contribution >= 0.6 is 0 Å². The number of likely N-dealkylation sites (tertiary alicyclic amines) is 1. The number of benzene rings is 3. The number of amides is 1. The van der Waals surface area contributed by atoms with E-state index >= 15 is 0 Å². The van der Waals surface area contributed by atoms with Crippen molar-refractivity contribution >= 4 is 15.9 Å².